The molecule has 1 N–H and O–H groups in total. The number of hydrogen-bond acceptors (Lipinski definition) is 10. The second-order valence-electron chi connectivity index (χ2n) is 6.91. The topological polar surface area (TPSA) is 119 Å². The van der Waals surface area contributed by atoms with Gasteiger partial charge in [0.2, 0.25) is 5.13 Å². The van der Waals surface area contributed by atoms with Crippen molar-refractivity contribution in [2.75, 3.05) is 36.9 Å². The largest absolute Gasteiger partial charge is 0.468 e. The van der Waals surface area contributed by atoms with Gasteiger partial charge < -0.3 is 9.64 Å². The smallest absolute Gasteiger partial charge is 0.316 e. The van der Waals surface area contributed by atoms with Crippen molar-refractivity contribution in [1.82, 2.24) is 15.1 Å². The molecule has 0 atom stereocenters. The van der Waals surface area contributed by atoms with Crippen molar-refractivity contribution in [3.05, 3.63) is 23.8 Å². The van der Waals surface area contributed by atoms with E-state index in [1.54, 1.807) is 11.0 Å². The van der Waals surface area contributed by atoms with Crippen LogP contribution in [0.3, 0.4) is 0 Å². The number of ether oxygens (including phenoxy) is 1. The Balaban J connectivity index is 1.79. The molecule has 13 heteroatoms. The lowest BCUT2D eigenvalue weighted by Gasteiger charge is -2.22. The number of esters is 1. The minimum absolute atomic E-state index is 0.0209. The molecule has 0 unspecified atom stereocenters. The Morgan fingerprint density at radius 2 is 1.91 bits per heavy atom. The fourth-order valence-corrected chi connectivity index (χ4v) is 6.54. The van der Waals surface area contributed by atoms with Gasteiger partial charge in [0.25, 0.3) is 15.9 Å². The molecule has 1 aromatic heterocycles. The maximum Gasteiger partial charge on any atom is 0.316 e. The van der Waals surface area contributed by atoms with Crippen LogP contribution in [0.2, 0.25) is 0 Å². The van der Waals surface area contributed by atoms with Crippen molar-refractivity contribution in [2.45, 2.75) is 39.8 Å². The zero-order chi connectivity index (χ0) is 23.1. The second kappa shape index (κ2) is 11.3. The number of benzene rings is 1. The van der Waals surface area contributed by atoms with Crippen molar-refractivity contribution < 1.29 is 22.7 Å². The normalized spacial score (nSPS) is 14.6. The molecule has 1 aliphatic heterocycles. The molecule has 3 rings (SSSR count). The number of anilines is 1. The number of carbonyl (C=O) groups excluding carboxylic acids is 2. The lowest BCUT2D eigenvalue weighted by Crippen LogP contribution is -2.32. The van der Waals surface area contributed by atoms with Crippen LogP contribution in [0.25, 0.3) is 0 Å². The summed E-state index contributed by atoms with van der Waals surface area (Å²) in [5.74, 6) is -0.510. The summed E-state index contributed by atoms with van der Waals surface area (Å²) in [6.07, 6.45) is 5.95. The van der Waals surface area contributed by atoms with Gasteiger partial charge in [-0.3, -0.25) is 14.3 Å². The van der Waals surface area contributed by atoms with E-state index in [-0.39, 0.29) is 21.7 Å². The number of sulfonamides is 1. The molecule has 1 saturated heterocycles. The third kappa shape index (κ3) is 6.36. The van der Waals surface area contributed by atoms with E-state index in [0.29, 0.717) is 23.0 Å². The first-order valence-corrected chi connectivity index (χ1v) is 14.4. The molecular weight excluding hydrogens is 493 g/mol. The summed E-state index contributed by atoms with van der Waals surface area (Å²) in [5.41, 5.74) is 0.383. The molecule has 0 spiro atoms. The number of rotatable bonds is 8. The van der Waals surface area contributed by atoms with Crippen LogP contribution in [0, 0.1) is 0 Å². The highest BCUT2D eigenvalue weighted by atomic mass is 32.2. The number of carbonyl (C=O) groups is 2. The Kier molecular flexibility index (Phi) is 8.79. The lowest BCUT2D eigenvalue weighted by atomic mass is 10.2. The second-order valence-corrected chi connectivity index (χ2v) is 11.6. The quantitative estimate of drug-likeness (QED) is 0.416. The summed E-state index contributed by atoms with van der Waals surface area (Å²) < 4.78 is 33.3. The van der Waals surface area contributed by atoms with E-state index >= 15 is 0 Å². The van der Waals surface area contributed by atoms with E-state index < -0.39 is 16.0 Å². The molecule has 1 aliphatic rings. The Bertz CT molecular complexity index is 1070. The van der Waals surface area contributed by atoms with E-state index in [1.807, 2.05) is 6.26 Å². The number of hydrogen-bond donors (Lipinski definition) is 1. The third-order valence-corrected chi connectivity index (χ3v) is 8.98. The molecule has 2 heterocycles. The Morgan fingerprint density at radius 3 is 2.56 bits per heavy atom. The predicted octanol–water partition coefficient (Wildman–Crippen LogP) is 3.34. The van der Waals surface area contributed by atoms with Gasteiger partial charge in [-0.2, -0.15) is 0 Å². The van der Waals surface area contributed by atoms with Crippen LogP contribution in [0.4, 0.5) is 5.13 Å². The van der Waals surface area contributed by atoms with Crippen LogP contribution in [0.1, 0.15) is 36.0 Å². The van der Waals surface area contributed by atoms with E-state index in [1.165, 1.54) is 31.0 Å². The van der Waals surface area contributed by atoms with Crippen molar-refractivity contribution >= 4 is 61.9 Å². The van der Waals surface area contributed by atoms with Crippen LogP contribution < -0.4 is 4.72 Å². The van der Waals surface area contributed by atoms with Gasteiger partial charge in [-0.25, -0.2) is 8.42 Å². The summed E-state index contributed by atoms with van der Waals surface area (Å²) in [4.78, 5) is 26.9. The number of nitrogens with zero attached hydrogens (tertiary/aromatic N) is 3. The molecule has 0 saturated carbocycles. The molecule has 1 aromatic carbocycles. The Hall–Kier alpha value is -1.83. The molecule has 0 bridgehead atoms. The van der Waals surface area contributed by atoms with Crippen LogP contribution in [0.5, 0.6) is 0 Å². The Labute approximate surface area is 199 Å². The average Bonchev–Trinajstić information content (AvgIpc) is 3.05. The first-order valence-electron chi connectivity index (χ1n) is 9.87. The van der Waals surface area contributed by atoms with E-state index in [4.69, 9.17) is 0 Å². The highest BCUT2D eigenvalue weighted by Crippen LogP contribution is 2.29. The van der Waals surface area contributed by atoms with Gasteiger partial charge in [0.05, 0.1) is 23.3 Å². The van der Waals surface area contributed by atoms with Crippen LogP contribution >= 0.6 is 34.9 Å². The molecule has 0 radical (unpaired) electrons. The summed E-state index contributed by atoms with van der Waals surface area (Å²) in [6.45, 7) is 1.36. The first kappa shape index (κ1) is 24.8. The molecule has 2 aromatic rings. The summed E-state index contributed by atoms with van der Waals surface area (Å²) in [7, 11) is -2.69. The zero-order valence-electron chi connectivity index (χ0n) is 17.7. The van der Waals surface area contributed by atoms with Crippen LogP contribution in [-0.4, -0.2) is 67.6 Å². The number of likely N-dealkylation sites (tertiary alicyclic amines) is 1. The van der Waals surface area contributed by atoms with Crippen LogP contribution in [0.15, 0.2) is 32.3 Å². The van der Waals surface area contributed by atoms with Crippen molar-refractivity contribution in [2.24, 2.45) is 0 Å². The van der Waals surface area contributed by atoms with Crippen LogP contribution in [-0.2, 0) is 19.6 Å². The van der Waals surface area contributed by atoms with Gasteiger partial charge >= 0.3 is 5.97 Å². The monoisotopic (exact) mass is 516 g/mol. The minimum Gasteiger partial charge on any atom is -0.468 e. The number of aromatic nitrogens is 2. The maximum absolute atomic E-state index is 13.2. The number of amides is 1. The summed E-state index contributed by atoms with van der Waals surface area (Å²) in [5, 5.41) is 7.78. The van der Waals surface area contributed by atoms with Gasteiger partial charge in [0.1, 0.15) is 0 Å². The first-order chi connectivity index (χ1) is 15.3. The number of methoxy groups -OCH3 is 1. The Morgan fingerprint density at radius 1 is 1.19 bits per heavy atom. The highest BCUT2D eigenvalue weighted by Gasteiger charge is 2.24. The molecule has 0 aliphatic carbocycles. The van der Waals surface area contributed by atoms with Crippen molar-refractivity contribution in [3.8, 4) is 0 Å². The van der Waals surface area contributed by atoms with Gasteiger partial charge in [0.15, 0.2) is 4.34 Å². The van der Waals surface area contributed by atoms with Gasteiger partial charge in [0, 0.05) is 18.0 Å². The SMILES string of the molecule is COC(=O)CSc1nnc(NS(=O)(=O)c2ccc(SC)c(C(=O)N3CCCCCC3)c2)s1. The fraction of sp³-hybridized carbons (Fsp3) is 0.474. The summed E-state index contributed by atoms with van der Waals surface area (Å²) in [6, 6.07) is 4.55. The van der Waals surface area contributed by atoms with E-state index in [2.05, 4.69) is 19.7 Å². The van der Waals surface area contributed by atoms with Gasteiger partial charge in [-0.15, -0.1) is 22.0 Å². The standard InChI is InChI=1S/C19H24N4O5S4/c1-28-16(24)12-30-19-21-20-18(31-19)22-32(26,27)13-7-8-15(29-2)14(11-13)17(25)23-9-5-3-4-6-10-23/h7-8,11H,3-6,9-10,12H2,1-2H3,(H,20,22). The highest BCUT2D eigenvalue weighted by molar-refractivity contribution is 8.01. The molecule has 1 fully saturated rings. The predicted molar refractivity (Wildman–Crippen MR) is 126 cm³/mol. The molecule has 9 nitrogen and oxygen atoms in total. The minimum atomic E-state index is -3.98. The lowest BCUT2D eigenvalue weighted by molar-refractivity contribution is -0.137. The number of thioether (sulfide) groups is 2. The average molecular weight is 517 g/mol. The van der Waals surface area contributed by atoms with E-state index in [0.717, 1.165) is 53.7 Å². The molecule has 32 heavy (non-hydrogen) atoms. The molecule has 174 valence electrons. The fourth-order valence-electron chi connectivity index (χ4n) is 3.13. The van der Waals surface area contributed by atoms with Gasteiger partial charge in [-0.1, -0.05) is 35.9 Å². The third-order valence-electron chi connectivity index (χ3n) is 4.77. The van der Waals surface area contributed by atoms with Crippen molar-refractivity contribution in [3.63, 3.8) is 0 Å². The van der Waals surface area contributed by atoms with E-state index in [9.17, 15) is 18.0 Å². The molecule has 1 amide bonds. The van der Waals surface area contributed by atoms with Crippen molar-refractivity contribution in [1.29, 1.82) is 0 Å². The maximum atomic E-state index is 13.2. The summed E-state index contributed by atoms with van der Waals surface area (Å²) >= 11 is 3.53. The zero-order valence-corrected chi connectivity index (χ0v) is 21.0. The number of nitrogens with one attached hydrogen (secondary N) is 1. The van der Waals surface area contributed by atoms with Gasteiger partial charge in [-0.05, 0) is 37.3 Å². The molecular formula is C19H24N4O5S4.